The van der Waals surface area contributed by atoms with Crippen molar-refractivity contribution in [2.75, 3.05) is 37.6 Å². The van der Waals surface area contributed by atoms with E-state index in [0.29, 0.717) is 5.69 Å². The average molecular weight is 509 g/mol. The molecule has 3 rings (SSSR count). The topological polar surface area (TPSA) is 81.1 Å². The van der Waals surface area contributed by atoms with E-state index >= 15 is 0 Å². The van der Waals surface area contributed by atoms with Crippen molar-refractivity contribution in [3.63, 3.8) is 0 Å². The zero-order valence-corrected chi connectivity index (χ0v) is 20.9. The molecule has 0 aliphatic carbocycles. The highest BCUT2D eigenvalue weighted by Crippen LogP contribution is 2.31. The summed E-state index contributed by atoms with van der Waals surface area (Å²) in [7, 11) is 0. The van der Waals surface area contributed by atoms with Gasteiger partial charge in [-0.05, 0) is 61.1 Å². The van der Waals surface area contributed by atoms with E-state index in [1.807, 2.05) is 0 Å². The Morgan fingerprint density at radius 1 is 0.917 bits per heavy atom. The number of hydrogen-bond donors (Lipinski definition) is 2. The first-order chi connectivity index (χ1) is 17.0. The van der Waals surface area contributed by atoms with Crippen LogP contribution >= 0.6 is 0 Å². The van der Waals surface area contributed by atoms with Crippen molar-refractivity contribution in [1.29, 1.82) is 0 Å². The van der Waals surface area contributed by atoms with Gasteiger partial charge in [0.15, 0.2) is 0 Å². The summed E-state index contributed by atoms with van der Waals surface area (Å²) in [6.07, 6.45) is 1.65. The van der Waals surface area contributed by atoms with Gasteiger partial charge in [0.1, 0.15) is 0 Å². The van der Waals surface area contributed by atoms with Crippen LogP contribution in [0.1, 0.15) is 48.4 Å². The van der Waals surface area contributed by atoms with Crippen LogP contribution in [0.25, 0.3) is 0 Å². The van der Waals surface area contributed by atoms with Crippen LogP contribution in [0.5, 0.6) is 0 Å². The molecule has 1 saturated heterocycles. The highest BCUT2D eigenvalue weighted by atomic mass is 19.4. The second-order valence-corrected chi connectivity index (χ2v) is 8.96. The van der Waals surface area contributed by atoms with Gasteiger partial charge in [-0.25, -0.2) is 9.59 Å². The van der Waals surface area contributed by atoms with Crippen LogP contribution in [-0.2, 0) is 28.6 Å². The number of aryl methyl sites for hydroxylation is 2. The third-order valence-electron chi connectivity index (χ3n) is 6.27. The van der Waals surface area contributed by atoms with Crippen molar-refractivity contribution in [2.24, 2.45) is 0 Å². The predicted molar refractivity (Wildman–Crippen MR) is 133 cm³/mol. The summed E-state index contributed by atoms with van der Waals surface area (Å²) in [6.45, 7) is 8.70. The number of rotatable bonds is 8. The molecule has 9 heteroatoms. The number of carbonyl (C=O) groups is 2. The van der Waals surface area contributed by atoms with E-state index in [1.54, 1.807) is 6.07 Å². The van der Waals surface area contributed by atoms with Crippen LogP contribution in [0.4, 0.5) is 18.9 Å². The zero-order chi connectivity index (χ0) is 26.7. The number of hydrogen-bond acceptors (Lipinski definition) is 4. The minimum Gasteiger partial charge on any atom is -0.473 e. The monoisotopic (exact) mass is 508 g/mol. The standard InChI is InChI=1S/C25H33F3N2.C2H2O4/c1-3-4-5-7-22-18-21(11-10-20(22)2)12-13-29-14-16-30(17-15-29)24-9-6-8-23(19-24)25(26,27)28;3-1(4)2(5)6/h6,8-11,18-19H,3-5,7,12-17H2,1-2H3;(H,3,4)(H,5,6). The lowest BCUT2D eigenvalue weighted by Gasteiger charge is -2.36. The van der Waals surface area contributed by atoms with Crippen molar-refractivity contribution in [3.8, 4) is 0 Å². The van der Waals surface area contributed by atoms with Gasteiger partial charge >= 0.3 is 18.1 Å². The maximum atomic E-state index is 13.0. The lowest BCUT2D eigenvalue weighted by atomic mass is 9.98. The molecule has 1 aliphatic heterocycles. The number of halogens is 3. The van der Waals surface area contributed by atoms with E-state index < -0.39 is 23.7 Å². The number of anilines is 1. The highest BCUT2D eigenvalue weighted by molar-refractivity contribution is 6.27. The molecule has 0 atom stereocenters. The van der Waals surface area contributed by atoms with Crippen LogP contribution in [0.3, 0.4) is 0 Å². The number of nitrogens with zero attached hydrogens (tertiary/aromatic N) is 2. The fourth-order valence-electron chi connectivity index (χ4n) is 4.11. The quantitative estimate of drug-likeness (QED) is 0.374. The van der Waals surface area contributed by atoms with Crippen molar-refractivity contribution in [2.45, 2.75) is 52.1 Å². The Bertz CT molecular complexity index is 991. The molecule has 0 bridgehead atoms. The molecule has 0 radical (unpaired) electrons. The number of benzene rings is 2. The molecule has 198 valence electrons. The van der Waals surface area contributed by atoms with Gasteiger partial charge in [-0.1, -0.05) is 44.0 Å². The number of aliphatic carboxylic acids is 2. The van der Waals surface area contributed by atoms with Gasteiger partial charge in [0.25, 0.3) is 0 Å². The first-order valence-electron chi connectivity index (χ1n) is 12.2. The van der Waals surface area contributed by atoms with Crippen molar-refractivity contribution < 1.29 is 33.0 Å². The van der Waals surface area contributed by atoms with Crippen LogP contribution < -0.4 is 4.90 Å². The number of unbranched alkanes of at least 4 members (excludes halogenated alkanes) is 2. The van der Waals surface area contributed by atoms with Crippen LogP contribution in [-0.4, -0.2) is 59.8 Å². The van der Waals surface area contributed by atoms with E-state index in [2.05, 4.69) is 41.8 Å². The highest BCUT2D eigenvalue weighted by Gasteiger charge is 2.31. The molecule has 36 heavy (non-hydrogen) atoms. The molecule has 2 aromatic rings. The molecule has 1 fully saturated rings. The summed E-state index contributed by atoms with van der Waals surface area (Å²) in [5, 5.41) is 14.8. The van der Waals surface area contributed by atoms with E-state index in [0.717, 1.165) is 51.6 Å². The summed E-state index contributed by atoms with van der Waals surface area (Å²) >= 11 is 0. The largest absolute Gasteiger partial charge is 0.473 e. The number of piperazine rings is 1. The molecule has 0 aromatic heterocycles. The fraction of sp³-hybridized carbons (Fsp3) is 0.481. The molecule has 1 aliphatic rings. The van der Waals surface area contributed by atoms with Crippen molar-refractivity contribution in [3.05, 3.63) is 64.7 Å². The Balaban J connectivity index is 0.000000678. The zero-order valence-electron chi connectivity index (χ0n) is 20.9. The first kappa shape index (κ1) is 29.2. The molecular weight excluding hydrogens is 473 g/mol. The Kier molecular flexibility index (Phi) is 11.2. The first-order valence-corrected chi connectivity index (χ1v) is 12.2. The lowest BCUT2D eigenvalue weighted by molar-refractivity contribution is -0.159. The lowest BCUT2D eigenvalue weighted by Crippen LogP contribution is -2.47. The molecule has 6 nitrogen and oxygen atoms in total. The van der Waals surface area contributed by atoms with E-state index in [1.165, 1.54) is 48.1 Å². The Labute approximate surface area is 210 Å². The van der Waals surface area contributed by atoms with E-state index in [9.17, 15) is 13.2 Å². The Morgan fingerprint density at radius 3 is 2.17 bits per heavy atom. The molecule has 0 amide bonds. The normalized spacial score (nSPS) is 14.2. The second kappa shape index (κ2) is 13.9. The maximum Gasteiger partial charge on any atom is 0.416 e. The minimum atomic E-state index is -4.29. The SMILES string of the molecule is CCCCCc1cc(CCN2CCN(c3cccc(C(F)(F)F)c3)CC2)ccc1C.O=C(O)C(=O)O. The van der Waals surface area contributed by atoms with Crippen molar-refractivity contribution in [1.82, 2.24) is 4.90 Å². The van der Waals surface area contributed by atoms with Gasteiger partial charge in [0, 0.05) is 38.4 Å². The predicted octanol–water partition coefficient (Wildman–Crippen LogP) is 5.27. The summed E-state index contributed by atoms with van der Waals surface area (Å²) in [5.41, 5.74) is 4.32. The molecule has 0 saturated carbocycles. The number of carboxylic acid groups (broad SMARTS) is 2. The van der Waals surface area contributed by atoms with Gasteiger partial charge in [0.05, 0.1) is 5.56 Å². The van der Waals surface area contributed by atoms with Crippen LogP contribution in [0.2, 0.25) is 0 Å². The number of carboxylic acids is 2. The molecule has 1 heterocycles. The second-order valence-electron chi connectivity index (χ2n) is 8.96. The molecule has 2 N–H and O–H groups in total. The number of alkyl halides is 3. The maximum absolute atomic E-state index is 13.0. The van der Waals surface area contributed by atoms with E-state index in [4.69, 9.17) is 19.8 Å². The molecule has 0 spiro atoms. The van der Waals surface area contributed by atoms with Crippen LogP contribution in [0, 0.1) is 6.92 Å². The molecular formula is C27H35F3N2O4. The molecule has 0 unspecified atom stereocenters. The van der Waals surface area contributed by atoms with Gasteiger partial charge < -0.3 is 15.1 Å². The summed E-state index contributed by atoms with van der Waals surface area (Å²) in [4.78, 5) is 22.7. The van der Waals surface area contributed by atoms with E-state index in [-0.39, 0.29) is 0 Å². The smallest absolute Gasteiger partial charge is 0.416 e. The Morgan fingerprint density at radius 2 is 1.58 bits per heavy atom. The van der Waals surface area contributed by atoms with Gasteiger partial charge in [0.2, 0.25) is 0 Å². The Hall–Kier alpha value is -3.07. The summed E-state index contributed by atoms with van der Waals surface area (Å²) in [5.74, 6) is -3.65. The van der Waals surface area contributed by atoms with Crippen LogP contribution in [0.15, 0.2) is 42.5 Å². The third-order valence-corrected chi connectivity index (χ3v) is 6.27. The van der Waals surface area contributed by atoms with Gasteiger partial charge in [-0.15, -0.1) is 0 Å². The minimum absolute atomic E-state index is 0.573. The molecule has 2 aromatic carbocycles. The van der Waals surface area contributed by atoms with Gasteiger partial charge in [-0.3, -0.25) is 4.90 Å². The summed E-state index contributed by atoms with van der Waals surface area (Å²) in [6, 6.07) is 12.5. The van der Waals surface area contributed by atoms with Gasteiger partial charge in [-0.2, -0.15) is 13.2 Å². The third kappa shape index (κ3) is 9.53. The summed E-state index contributed by atoms with van der Waals surface area (Å²) < 4.78 is 38.9. The van der Waals surface area contributed by atoms with Crippen molar-refractivity contribution >= 4 is 17.6 Å². The average Bonchev–Trinajstić information content (AvgIpc) is 2.84. The fourth-order valence-corrected chi connectivity index (χ4v) is 4.11.